The Kier molecular flexibility index (Phi) is 8.09. The number of fused-ring (bicyclic) bond motifs is 2. The number of halogens is 5. The van der Waals surface area contributed by atoms with Gasteiger partial charge in [0.25, 0.3) is 17.7 Å². The van der Waals surface area contributed by atoms with Crippen LogP contribution in [0, 0.1) is 11.7 Å². The van der Waals surface area contributed by atoms with Gasteiger partial charge in [0.1, 0.15) is 12.4 Å². The van der Waals surface area contributed by atoms with Crippen molar-refractivity contribution in [2.45, 2.75) is 37.4 Å². The molecule has 3 amide bonds. The topological polar surface area (TPSA) is 98.0 Å². The van der Waals surface area contributed by atoms with Gasteiger partial charge >= 0.3 is 0 Å². The molecule has 7 rings (SSSR count). The zero-order chi connectivity index (χ0) is 32.3. The number of imide groups is 1. The normalized spacial score (nSPS) is 24.6. The molecule has 3 aromatic carbocycles. The van der Waals surface area contributed by atoms with Gasteiger partial charge in [-0.2, -0.15) is 10.2 Å². The van der Waals surface area contributed by atoms with Crippen molar-refractivity contribution in [2.24, 2.45) is 21.4 Å². The lowest BCUT2D eigenvalue weighted by Crippen LogP contribution is -2.45. The summed E-state index contributed by atoms with van der Waals surface area (Å²) in [5.74, 6) is -2.57. The third kappa shape index (κ3) is 5.37. The molecule has 4 aliphatic rings. The van der Waals surface area contributed by atoms with Crippen LogP contribution in [0.3, 0.4) is 0 Å². The second kappa shape index (κ2) is 12.1. The first-order valence-corrected chi connectivity index (χ1v) is 15.9. The van der Waals surface area contributed by atoms with Crippen molar-refractivity contribution < 1.29 is 18.8 Å². The van der Waals surface area contributed by atoms with Gasteiger partial charge in [-0.25, -0.2) is 14.3 Å². The van der Waals surface area contributed by atoms with Crippen LogP contribution in [0.4, 0.5) is 10.1 Å². The molecule has 1 saturated carbocycles. The molecule has 9 nitrogen and oxygen atoms in total. The van der Waals surface area contributed by atoms with Gasteiger partial charge < -0.3 is 0 Å². The zero-order valence-corrected chi connectivity index (χ0v) is 26.8. The number of rotatable bonds is 5. The summed E-state index contributed by atoms with van der Waals surface area (Å²) < 4.78 is 13.9. The number of hydrogen-bond donors (Lipinski definition) is 0. The van der Waals surface area contributed by atoms with Crippen molar-refractivity contribution in [3.8, 4) is 0 Å². The fraction of sp³-hybridized carbons (Fsp3) is 0.250. The standard InChI is InChI=1S/C32H23Cl4FN6O3/c33-18-8-7-16(24(35)12-18)11-17-3-1-6-23-27(17)39-43(29(23)22-10-9-19(34)13-25(22)36)26(44)15-41-30-28(38-40-41)31(45)42(32(30)46)21-5-2-4-20(37)14-21/h2,4-5,7-14,23,28-30H,1,3,6,15H2/b17-11+/t23-,28-,29-,30-/m1/s1. The van der Waals surface area contributed by atoms with Crippen LogP contribution >= 0.6 is 46.4 Å². The van der Waals surface area contributed by atoms with E-state index < -0.39 is 48.2 Å². The van der Waals surface area contributed by atoms with Crippen molar-refractivity contribution in [1.29, 1.82) is 0 Å². The first kappa shape index (κ1) is 30.8. The Bertz CT molecular complexity index is 1900. The predicted molar refractivity (Wildman–Crippen MR) is 173 cm³/mol. The van der Waals surface area contributed by atoms with Crippen LogP contribution in [0.5, 0.6) is 0 Å². The number of hydrogen-bond acceptors (Lipinski definition) is 7. The highest BCUT2D eigenvalue weighted by Gasteiger charge is 2.56. The molecule has 0 radical (unpaired) electrons. The molecule has 4 atom stereocenters. The number of benzene rings is 3. The average molecular weight is 700 g/mol. The average Bonchev–Trinajstić information content (AvgIpc) is 3.68. The molecule has 3 heterocycles. The van der Waals surface area contributed by atoms with Gasteiger partial charge in [0, 0.05) is 26.0 Å². The number of hydrazone groups is 1. The summed E-state index contributed by atoms with van der Waals surface area (Å²) in [6.07, 6.45) is 4.25. The smallest absolute Gasteiger partial charge is 0.264 e. The summed E-state index contributed by atoms with van der Waals surface area (Å²) in [5.41, 5.74) is 3.17. The molecule has 234 valence electrons. The second-order valence-electron chi connectivity index (χ2n) is 11.4. The number of anilines is 1. The molecule has 0 N–H and O–H groups in total. The molecule has 1 saturated heterocycles. The summed E-state index contributed by atoms with van der Waals surface area (Å²) in [5, 5.41) is 17.3. The maximum absolute atomic E-state index is 14.1. The molecule has 2 fully saturated rings. The maximum Gasteiger partial charge on any atom is 0.264 e. The molecular formula is C32H23Cl4FN6O3. The maximum atomic E-state index is 14.1. The van der Waals surface area contributed by atoms with Crippen LogP contribution in [0.15, 0.2) is 81.7 Å². The predicted octanol–water partition coefficient (Wildman–Crippen LogP) is 7.56. The first-order valence-electron chi connectivity index (χ1n) is 14.4. The third-order valence-electron chi connectivity index (χ3n) is 8.55. The molecule has 0 aromatic heterocycles. The fourth-order valence-corrected chi connectivity index (χ4v) is 7.48. The SMILES string of the molecule is O=C1[C@@H]2N=NN(CC(=O)N3N=C4/C(=C/c5ccc(Cl)cc5Cl)CCC[C@H]4[C@H]3c3ccc(Cl)cc3Cl)[C@H]2C(=O)N1c1cccc(F)c1. The molecule has 1 aliphatic carbocycles. The minimum Gasteiger partial charge on any atom is -0.271 e. The second-order valence-corrected chi connectivity index (χ2v) is 13.0. The quantitative estimate of drug-likeness (QED) is 0.257. The van der Waals surface area contributed by atoms with E-state index in [0.29, 0.717) is 32.1 Å². The highest BCUT2D eigenvalue weighted by molar-refractivity contribution is 6.36. The number of amides is 3. The molecule has 0 bridgehead atoms. The Labute approximate surface area is 282 Å². The van der Waals surface area contributed by atoms with Crippen molar-refractivity contribution in [3.05, 3.63) is 103 Å². The van der Waals surface area contributed by atoms with Crippen LogP contribution in [0.1, 0.15) is 36.4 Å². The molecule has 0 spiro atoms. The monoisotopic (exact) mass is 698 g/mol. The van der Waals surface area contributed by atoms with E-state index in [4.69, 9.17) is 51.5 Å². The van der Waals surface area contributed by atoms with Gasteiger partial charge in [0.2, 0.25) is 0 Å². The van der Waals surface area contributed by atoms with Crippen molar-refractivity contribution >= 4 is 81.6 Å². The van der Waals surface area contributed by atoms with Crippen molar-refractivity contribution in [3.63, 3.8) is 0 Å². The Morgan fingerprint density at radius 1 is 0.935 bits per heavy atom. The highest BCUT2D eigenvalue weighted by Crippen LogP contribution is 2.47. The molecule has 0 unspecified atom stereocenters. The summed E-state index contributed by atoms with van der Waals surface area (Å²) in [6, 6.07) is 12.6. The van der Waals surface area contributed by atoms with Crippen LogP contribution in [-0.2, 0) is 14.4 Å². The van der Waals surface area contributed by atoms with E-state index in [2.05, 4.69) is 10.3 Å². The number of carbonyl (C=O) groups is 3. The summed E-state index contributed by atoms with van der Waals surface area (Å²) in [4.78, 5) is 41.6. The van der Waals surface area contributed by atoms with Crippen LogP contribution in [0.25, 0.3) is 6.08 Å². The van der Waals surface area contributed by atoms with Gasteiger partial charge in [0.15, 0.2) is 12.1 Å². The van der Waals surface area contributed by atoms with E-state index in [1.807, 2.05) is 12.1 Å². The van der Waals surface area contributed by atoms with Gasteiger partial charge in [0.05, 0.1) is 17.4 Å². The number of nitrogens with zero attached hydrogens (tertiary/aromatic N) is 6. The lowest BCUT2D eigenvalue weighted by Gasteiger charge is -2.31. The minimum atomic E-state index is -1.16. The van der Waals surface area contributed by atoms with E-state index in [1.54, 1.807) is 30.3 Å². The number of allylic oxidation sites excluding steroid dienone is 1. The number of carbonyl (C=O) groups excluding carboxylic acids is 3. The molecule has 3 aromatic rings. The van der Waals surface area contributed by atoms with E-state index in [-0.39, 0.29) is 11.6 Å². The summed E-state index contributed by atoms with van der Waals surface area (Å²) in [7, 11) is 0. The molecule has 46 heavy (non-hydrogen) atoms. The Balaban J connectivity index is 1.21. The Morgan fingerprint density at radius 2 is 1.70 bits per heavy atom. The van der Waals surface area contributed by atoms with E-state index in [1.165, 1.54) is 28.2 Å². The summed E-state index contributed by atoms with van der Waals surface area (Å²) >= 11 is 25.5. The van der Waals surface area contributed by atoms with Crippen molar-refractivity contribution in [2.75, 3.05) is 11.4 Å². The van der Waals surface area contributed by atoms with Crippen LogP contribution < -0.4 is 4.90 Å². The fourth-order valence-electron chi connectivity index (χ4n) is 6.50. The van der Waals surface area contributed by atoms with E-state index in [9.17, 15) is 18.8 Å². The lowest BCUT2D eigenvalue weighted by atomic mass is 9.77. The molecule has 14 heteroatoms. The van der Waals surface area contributed by atoms with Crippen LogP contribution in [0.2, 0.25) is 20.1 Å². The van der Waals surface area contributed by atoms with E-state index in [0.717, 1.165) is 40.7 Å². The van der Waals surface area contributed by atoms with Gasteiger partial charge in [-0.1, -0.05) is 69.8 Å². The largest absolute Gasteiger partial charge is 0.271 e. The Hall–Kier alpha value is -3.83. The Morgan fingerprint density at radius 3 is 2.43 bits per heavy atom. The van der Waals surface area contributed by atoms with Gasteiger partial charge in [-0.15, -0.1) is 0 Å². The van der Waals surface area contributed by atoms with Gasteiger partial charge in [-0.05, 0) is 84.5 Å². The van der Waals surface area contributed by atoms with Crippen molar-refractivity contribution in [1.82, 2.24) is 10.0 Å². The molecule has 3 aliphatic heterocycles. The summed E-state index contributed by atoms with van der Waals surface area (Å²) in [6.45, 7) is -0.395. The zero-order valence-electron chi connectivity index (χ0n) is 23.8. The van der Waals surface area contributed by atoms with Crippen LogP contribution in [-0.4, -0.2) is 52.1 Å². The van der Waals surface area contributed by atoms with Gasteiger partial charge in [-0.3, -0.25) is 19.4 Å². The highest BCUT2D eigenvalue weighted by atomic mass is 35.5. The lowest BCUT2D eigenvalue weighted by molar-refractivity contribution is -0.136. The third-order valence-corrected chi connectivity index (χ3v) is 9.68. The first-order chi connectivity index (χ1) is 22.1. The molecular weight excluding hydrogens is 677 g/mol. The minimum absolute atomic E-state index is 0.0819. The van der Waals surface area contributed by atoms with E-state index >= 15 is 0 Å².